The number of nitrogens with one attached hydrogen (secondary N) is 2. The van der Waals surface area contributed by atoms with Crippen LogP contribution in [0.4, 0.5) is 5.13 Å². The van der Waals surface area contributed by atoms with E-state index in [9.17, 15) is 4.79 Å². The molecule has 0 fully saturated rings. The molecule has 2 aromatic rings. The molecule has 1 atom stereocenters. The summed E-state index contributed by atoms with van der Waals surface area (Å²) >= 11 is 1.60. The quantitative estimate of drug-likeness (QED) is 0.844. The molecule has 0 spiro atoms. The summed E-state index contributed by atoms with van der Waals surface area (Å²) < 4.78 is 5.28. The van der Waals surface area contributed by atoms with Crippen LogP contribution in [-0.2, 0) is 17.6 Å². The van der Waals surface area contributed by atoms with Gasteiger partial charge in [-0.1, -0.05) is 12.1 Å². The molecule has 24 heavy (non-hydrogen) atoms. The zero-order valence-corrected chi connectivity index (χ0v) is 15.1. The Morgan fingerprint density at radius 3 is 2.96 bits per heavy atom. The number of aryl methyl sites for hydroxylation is 3. The molecule has 128 valence electrons. The van der Waals surface area contributed by atoms with Gasteiger partial charge in [0.2, 0.25) is 5.91 Å². The summed E-state index contributed by atoms with van der Waals surface area (Å²) in [5, 5.41) is 6.87. The molecule has 0 unspecified atom stereocenters. The van der Waals surface area contributed by atoms with Crippen molar-refractivity contribution < 1.29 is 9.53 Å². The highest BCUT2D eigenvalue weighted by Gasteiger charge is 2.18. The van der Waals surface area contributed by atoms with Crippen molar-refractivity contribution in [1.29, 1.82) is 0 Å². The highest BCUT2D eigenvalue weighted by Crippen LogP contribution is 2.30. The lowest BCUT2D eigenvalue weighted by Crippen LogP contribution is -2.30. The molecular formula is C18H23N3O2S. The average Bonchev–Trinajstić information content (AvgIpc) is 3.13. The molecule has 0 aliphatic heterocycles. The summed E-state index contributed by atoms with van der Waals surface area (Å²) in [6.45, 7) is 4.33. The van der Waals surface area contributed by atoms with E-state index in [0.29, 0.717) is 0 Å². The van der Waals surface area contributed by atoms with Crippen LogP contribution in [0.3, 0.4) is 0 Å². The van der Waals surface area contributed by atoms with Crippen molar-refractivity contribution in [2.45, 2.75) is 39.2 Å². The van der Waals surface area contributed by atoms with E-state index >= 15 is 0 Å². The van der Waals surface area contributed by atoms with Crippen LogP contribution in [0.2, 0.25) is 0 Å². The molecule has 6 heteroatoms. The van der Waals surface area contributed by atoms with Gasteiger partial charge in [0.15, 0.2) is 5.13 Å². The maximum atomic E-state index is 12.1. The second kappa shape index (κ2) is 7.32. The third kappa shape index (κ3) is 3.76. The summed E-state index contributed by atoms with van der Waals surface area (Å²) in [4.78, 5) is 17.9. The molecule has 1 amide bonds. The van der Waals surface area contributed by atoms with Gasteiger partial charge in [0.25, 0.3) is 0 Å². The summed E-state index contributed by atoms with van der Waals surface area (Å²) in [7, 11) is 1.67. The average molecular weight is 345 g/mol. The van der Waals surface area contributed by atoms with E-state index in [-0.39, 0.29) is 18.5 Å². The van der Waals surface area contributed by atoms with Gasteiger partial charge >= 0.3 is 0 Å². The maximum Gasteiger partial charge on any atom is 0.240 e. The second-order valence-electron chi connectivity index (χ2n) is 6.12. The molecule has 0 saturated carbocycles. The molecule has 1 aliphatic rings. The van der Waals surface area contributed by atoms with Crippen molar-refractivity contribution in [3.8, 4) is 5.75 Å². The van der Waals surface area contributed by atoms with Crippen LogP contribution in [0.25, 0.3) is 0 Å². The Morgan fingerprint density at radius 1 is 1.42 bits per heavy atom. The van der Waals surface area contributed by atoms with Gasteiger partial charge in [-0.3, -0.25) is 4.79 Å². The largest absolute Gasteiger partial charge is 0.496 e. The minimum absolute atomic E-state index is 0.0560. The predicted octanol–water partition coefficient (Wildman–Crippen LogP) is 3.24. The van der Waals surface area contributed by atoms with Crippen molar-refractivity contribution in [2.75, 3.05) is 19.0 Å². The standard InChI is InChI=1S/C18H23N3O2S/c1-11-9-13(7-8-15(11)23-3)12(2)19-10-17(22)21-18-20-14-5-4-6-16(14)24-18/h7-9,12,19H,4-6,10H2,1-3H3,(H,20,21,22)/t12-/m1/s1. The Kier molecular flexibility index (Phi) is 5.16. The Balaban J connectivity index is 1.52. The number of nitrogens with zero attached hydrogens (tertiary/aromatic N) is 1. The number of rotatable bonds is 6. The number of aromatic nitrogens is 1. The smallest absolute Gasteiger partial charge is 0.240 e. The second-order valence-corrected chi connectivity index (χ2v) is 7.21. The third-order valence-corrected chi connectivity index (χ3v) is 5.40. The van der Waals surface area contributed by atoms with E-state index in [2.05, 4.69) is 21.7 Å². The monoisotopic (exact) mass is 345 g/mol. The highest BCUT2D eigenvalue weighted by molar-refractivity contribution is 7.15. The number of benzene rings is 1. The Labute approximate surface area is 146 Å². The molecule has 1 aromatic carbocycles. The van der Waals surface area contributed by atoms with Crippen LogP contribution in [0.1, 0.15) is 41.1 Å². The van der Waals surface area contributed by atoms with Gasteiger partial charge < -0.3 is 15.4 Å². The predicted molar refractivity (Wildman–Crippen MR) is 96.9 cm³/mol. The third-order valence-electron chi connectivity index (χ3n) is 4.33. The lowest BCUT2D eigenvalue weighted by Gasteiger charge is -2.15. The zero-order valence-electron chi connectivity index (χ0n) is 14.3. The number of amides is 1. The number of anilines is 1. The van der Waals surface area contributed by atoms with Gasteiger partial charge in [-0.25, -0.2) is 4.98 Å². The molecule has 5 nitrogen and oxygen atoms in total. The first-order valence-electron chi connectivity index (χ1n) is 8.23. The number of thiazole rings is 1. The lowest BCUT2D eigenvalue weighted by atomic mass is 10.1. The van der Waals surface area contributed by atoms with Crippen LogP contribution in [-0.4, -0.2) is 24.5 Å². The van der Waals surface area contributed by atoms with Crippen LogP contribution in [0.15, 0.2) is 18.2 Å². The topological polar surface area (TPSA) is 63.2 Å². The summed E-state index contributed by atoms with van der Waals surface area (Å²) in [6.07, 6.45) is 3.31. The molecular weight excluding hydrogens is 322 g/mol. The van der Waals surface area contributed by atoms with Gasteiger partial charge in [0.05, 0.1) is 19.3 Å². The minimum Gasteiger partial charge on any atom is -0.496 e. The van der Waals surface area contributed by atoms with Gasteiger partial charge in [0.1, 0.15) is 5.75 Å². The normalized spacial score (nSPS) is 14.3. The van der Waals surface area contributed by atoms with Crippen LogP contribution < -0.4 is 15.4 Å². The fraction of sp³-hybridized carbons (Fsp3) is 0.444. The molecule has 1 aliphatic carbocycles. The summed E-state index contributed by atoms with van der Waals surface area (Å²) in [5.74, 6) is 0.819. The minimum atomic E-state index is -0.0560. The fourth-order valence-corrected chi connectivity index (χ4v) is 4.01. The fourth-order valence-electron chi connectivity index (χ4n) is 2.94. The molecule has 3 rings (SSSR count). The molecule has 1 heterocycles. The van der Waals surface area contributed by atoms with Crippen LogP contribution in [0, 0.1) is 6.92 Å². The first-order valence-corrected chi connectivity index (χ1v) is 9.05. The van der Waals surface area contributed by atoms with Crippen molar-refractivity contribution in [2.24, 2.45) is 0 Å². The Hall–Kier alpha value is -1.92. The number of hydrogen-bond donors (Lipinski definition) is 2. The zero-order chi connectivity index (χ0) is 17.1. The molecule has 2 N–H and O–H groups in total. The van der Waals surface area contributed by atoms with Crippen LogP contribution >= 0.6 is 11.3 Å². The Bertz CT molecular complexity index is 720. The van der Waals surface area contributed by atoms with Gasteiger partial charge in [-0.15, -0.1) is 11.3 Å². The van der Waals surface area contributed by atoms with Crippen molar-refractivity contribution in [3.05, 3.63) is 39.9 Å². The van der Waals surface area contributed by atoms with Crippen LogP contribution in [0.5, 0.6) is 5.75 Å². The first-order chi connectivity index (χ1) is 11.6. The molecule has 0 bridgehead atoms. The summed E-state index contributed by atoms with van der Waals surface area (Å²) in [5.41, 5.74) is 3.38. The number of hydrogen-bond acceptors (Lipinski definition) is 5. The van der Waals surface area contributed by atoms with Gasteiger partial charge in [-0.05, 0) is 50.3 Å². The van der Waals surface area contributed by atoms with E-state index in [1.165, 1.54) is 11.3 Å². The van der Waals surface area contributed by atoms with E-state index < -0.39 is 0 Å². The number of methoxy groups -OCH3 is 1. The van der Waals surface area contributed by atoms with E-state index in [1.807, 2.05) is 26.0 Å². The highest BCUT2D eigenvalue weighted by atomic mass is 32.1. The number of fused-ring (bicyclic) bond motifs is 1. The number of ether oxygens (including phenoxy) is 1. The van der Waals surface area contributed by atoms with Gasteiger partial charge in [-0.2, -0.15) is 0 Å². The van der Waals surface area contributed by atoms with Crippen molar-refractivity contribution in [1.82, 2.24) is 10.3 Å². The number of carbonyl (C=O) groups is 1. The van der Waals surface area contributed by atoms with Crippen molar-refractivity contribution in [3.63, 3.8) is 0 Å². The van der Waals surface area contributed by atoms with E-state index in [0.717, 1.165) is 40.5 Å². The maximum absolute atomic E-state index is 12.1. The summed E-state index contributed by atoms with van der Waals surface area (Å²) in [6, 6.07) is 6.15. The van der Waals surface area contributed by atoms with Gasteiger partial charge in [0, 0.05) is 10.9 Å². The lowest BCUT2D eigenvalue weighted by molar-refractivity contribution is -0.115. The molecule has 1 aromatic heterocycles. The first kappa shape index (κ1) is 16.9. The van der Waals surface area contributed by atoms with E-state index in [1.54, 1.807) is 18.4 Å². The van der Waals surface area contributed by atoms with Crippen molar-refractivity contribution >= 4 is 22.4 Å². The molecule has 0 radical (unpaired) electrons. The SMILES string of the molecule is COc1ccc([C@@H](C)NCC(=O)Nc2nc3c(s2)CCC3)cc1C. The number of carbonyl (C=O) groups excluding carboxylic acids is 1. The Morgan fingerprint density at radius 2 is 2.25 bits per heavy atom. The van der Waals surface area contributed by atoms with E-state index in [4.69, 9.17) is 4.74 Å². The molecule has 0 saturated heterocycles.